The van der Waals surface area contributed by atoms with Gasteiger partial charge in [0.25, 0.3) is 0 Å². The van der Waals surface area contributed by atoms with E-state index in [9.17, 15) is 21.6 Å². The summed E-state index contributed by atoms with van der Waals surface area (Å²) in [5.41, 5.74) is 1.95. The molecule has 0 spiro atoms. The molecular weight excluding hydrogens is 614 g/mol. The molecule has 2 fully saturated rings. The fourth-order valence-electron chi connectivity index (χ4n) is 5.46. The highest BCUT2D eigenvalue weighted by Gasteiger charge is 2.31. The molecule has 44 heavy (non-hydrogen) atoms. The third-order valence-electron chi connectivity index (χ3n) is 8.05. The number of hydrogen-bond acceptors (Lipinski definition) is 7. The van der Waals surface area contributed by atoms with Gasteiger partial charge in [0.15, 0.2) is 5.11 Å². The molecular formula is C29H31F3N8O2S2. The van der Waals surface area contributed by atoms with E-state index < -0.39 is 21.8 Å². The second-order valence-corrected chi connectivity index (χ2v) is 13.2. The second kappa shape index (κ2) is 12.0. The van der Waals surface area contributed by atoms with E-state index in [1.165, 1.54) is 22.8 Å². The Kier molecular flexibility index (Phi) is 8.22. The van der Waals surface area contributed by atoms with Crippen molar-refractivity contribution in [3.05, 3.63) is 66.6 Å². The summed E-state index contributed by atoms with van der Waals surface area (Å²) >= 11 is 5.67. The van der Waals surface area contributed by atoms with Crippen LogP contribution in [0, 0.1) is 0 Å². The SMILES string of the molecule is CN1CCN(S(=O)(=O)c2ccc(NC(=S)N3CCN(c4ncnc5[nH]cc(-c6ccc(C(F)(F)F)cc6)c45)CC3)cc2)CC1. The lowest BCUT2D eigenvalue weighted by Crippen LogP contribution is -2.50. The number of H-pyrrole nitrogens is 1. The number of aromatic nitrogens is 3. The van der Waals surface area contributed by atoms with Gasteiger partial charge in [0.05, 0.1) is 15.8 Å². The Morgan fingerprint density at radius 2 is 1.57 bits per heavy atom. The number of fused-ring (bicyclic) bond motifs is 1. The van der Waals surface area contributed by atoms with Crippen molar-refractivity contribution in [3.8, 4) is 11.1 Å². The van der Waals surface area contributed by atoms with Gasteiger partial charge in [-0.25, -0.2) is 18.4 Å². The Hall–Kier alpha value is -3.79. The number of piperazine rings is 2. The number of sulfonamides is 1. The summed E-state index contributed by atoms with van der Waals surface area (Å²) in [6, 6.07) is 11.7. The molecule has 4 aromatic rings. The molecule has 2 N–H and O–H groups in total. The zero-order valence-corrected chi connectivity index (χ0v) is 25.5. The molecule has 2 aliphatic heterocycles. The van der Waals surface area contributed by atoms with Gasteiger partial charge in [-0.2, -0.15) is 17.5 Å². The quantitative estimate of drug-likeness (QED) is 0.311. The molecule has 2 aromatic heterocycles. The number of benzene rings is 2. The van der Waals surface area contributed by atoms with Gasteiger partial charge >= 0.3 is 6.18 Å². The van der Waals surface area contributed by atoms with Crippen LogP contribution in [0.4, 0.5) is 24.7 Å². The fraction of sp³-hybridized carbons (Fsp3) is 0.345. The minimum atomic E-state index is -4.41. The summed E-state index contributed by atoms with van der Waals surface area (Å²) < 4.78 is 66.9. The molecule has 2 saturated heterocycles. The van der Waals surface area contributed by atoms with Crippen LogP contribution in [0.2, 0.25) is 0 Å². The van der Waals surface area contributed by atoms with Crippen molar-refractivity contribution in [2.45, 2.75) is 11.1 Å². The molecule has 0 unspecified atom stereocenters. The molecule has 2 aromatic carbocycles. The predicted molar refractivity (Wildman–Crippen MR) is 167 cm³/mol. The molecule has 232 valence electrons. The zero-order chi connectivity index (χ0) is 31.1. The van der Waals surface area contributed by atoms with Crippen LogP contribution in [-0.2, 0) is 16.2 Å². The highest BCUT2D eigenvalue weighted by atomic mass is 32.2. The largest absolute Gasteiger partial charge is 0.416 e. The Balaban J connectivity index is 1.11. The first-order chi connectivity index (χ1) is 21.0. The van der Waals surface area contributed by atoms with E-state index in [4.69, 9.17) is 12.2 Å². The first-order valence-corrected chi connectivity index (χ1v) is 15.9. The van der Waals surface area contributed by atoms with E-state index in [0.717, 1.165) is 23.1 Å². The van der Waals surface area contributed by atoms with Crippen molar-refractivity contribution < 1.29 is 21.6 Å². The van der Waals surface area contributed by atoms with Crippen molar-refractivity contribution in [3.63, 3.8) is 0 Å². The van der Waals surface area contributed by atoms with E-state index in [1.54, 1.807) is 30.5 Å². The van der Waals surface area contributed by atoms with Gasteiger partial charge in [0.1, 0.15) is 17.8 Å². The number of likely N-dealkylation sites (N-methyl/N-ethyl adjacent to an activating group) is 1. The highest BCUT2D eigenvalue weighted by molar-refractivity contribution is 7.89. The molecule has 0 saturated carbocycles. The maximum absolute atomic E-state index is 13.1. The minimum absolute atomic E-state index is 0.253. The van der Waals surface area contributed by atoms with Crippen molar-refractivity contribution in [1.82, 2.24) is 29.1 Å². The molecule has 0 radical (unpaired) electrons. The van der Waals surface area contributed by atoms with Crippen molar-refractivity contribution in [1.29, 1.82) is 0 Å². The molecule has 2 aliphatic rings. The average molecular weight is 645 g/mol. The number of aromatic amines is 1. The molecule has 0 atom stereocenters. The van der Waals surface area contributed by atoms with Crippen LogP contribution in [0.25, 0.3) is 22.2 Å². The van der Waals surface area contributed by atoms with Crippen LogP contribution in [0.3, 0.4) is 0 Å². The standard InChI is InChI=1S/C29H31F3N8O2S2/c1-37-10-16-40(17-11-37)44(41,42)23-8-6-22(7-9-23)36-28(43)39-14-12-38(13-15-39)27-25-24(18-33-26(25)34-19-35-27)20-2-4-21(5-3-20)29(30,31)32/h2-9,18-19H,10-17H2,1H3,(H,36,43)(H,33,34,35). The molecule has 10 nitrogen and oxygen atoms in total. The Morgan fingerprint density at radius 1 is 0.909 bits per heavy atom. The monoisotopic (exact) mass is 644 g/mol. The Morgan fingerprint density at radius 3 is 2.20 bits per heavy atom. The van der Waals surface area contributed by atoms with E-state index in [1.807, 2.05) is 11.9 Å². The summed E-state index contributed by atoms with van der Waals surface area (Å²) in [5, 5.41) is 4.49. The maximum atomic E-state index is 13.1. The van der Waals surface area contributed by atoms with Gasteiger partial charge in [0, 0.05) is 69.8 Å². The van der Waals surface area contributed by atoms with Crippen LogP contribution in [0.5, 0.6) is 0 Å². The third kappa shape index (κ3) is 6.09. The number of hydrogen-bond donors (Lipinski definition) is 2. The highest BCUT2D eigenvalue weighted by Crippen LogP contribution is 2.36. The van der Waals surface area contributed by atoms with Gasteiger partial charge in [-0.05, 0) is 61.2 Å². The molecule has 4 heterocycles. The van der Waals surface area contributed by atoms with Crippen molar-refractivity contribution in [2.24, 2.45) is 0 Å². The molecule has 15 heteroatoms. The van der Waals surface area contributed by atoms with Gasteiger partial charge in [0.2, 0.25) is 10.0 Å². The first-order valence-electron chi connectivity index (χ1n) is 14.1. The Labute approximate surface area is 258 Å². The zero-order valence-electron chi connectivity index (χ0n) is 23.9. The number of anilines is 2. The van der Waals surface area contributed by atoms with Crippen LogP contribution >= 0.6 is 12.2 Å². The summed E-state index contributed by atoms with van der Waals surface area (Å²) in [6.45, 7) is 4.76. The van der Waals surface area contributed by atoms with Crippen LogP contribution < -0.4 is 10.2 Å². The number of nitrogens with zero attached hydrogens (tertiary/aromatic N) is 6. The summed E-state index contributed by atoms with van der Waals surface area (Å²) in [5.74, 6) is 0.696. The molecule has 0 bridgehead atoms. The lowest BCUT2D eigenvalue weighted by atomic mass is 10.0. The normalized spacial score (nSPS) is 17.3. The molecule has 6 rings (SSSR count). The second-order valence-electron chi connectivity index (χ2n) is 10.8. The number of rotatable bonds is 5. The van der Waals surface area contributed by atoms with Crippen LogP contribution in [0.15, 0.2) is 66.0 Å². The average Bonchev–Trinajstić information content (AvgIpc) is 3.46. The lowest BCUT2D eigenvalue weighted by Gasteiger charge is -2.37. The van der Waals surface area contributed by atoms with Crippen LogP contribution in [-0.4, -0.2) is 102 Å². The number of thiocarbonyl (C=S) groups is 1. The number of nitrogens with one attached hydrogen (secondary N) is 2. The van der Waals surface area contributed by atoms with Gasteiger partial charge < -0.3 is 25.0 Å². The smallest absolute Gasteiger partial charge is 0.352 e. The van der Waals surface area contributed by atoms with E-state index in [-0.39, 0.29) is 4.90 Å². The van der Waals surface area contributed by atoms with E-state index >= 15 is 0 Å². The topological polar surface area (TPSA) is 101 Å². The molecule has 0 amide bonds. The van der Waals surface area contributed by atoms with Crippen molar-refractivity contribution >= 4 is 49.9 Å². The van der Waals surface area contributed by atoms with E-state index in [0.29, 0.717) is 80.2 Å². The summed E-state index contributed by atoms with van der Waals surface area (Å²) in [6.07, 6.45) is -1.20. The minimum Gasteiger partial charge on any atom is -0.352 e. The lowest BCUT2D eigenvalue weighted by molar-refractivity contribution is -0.137. The van der Waals surface area contributed by atoms with Crippen molar-refractivity contribution in [2.75, 3.05) is 69.6 Å². The summed E-state index contributed by atoms with van der Waals surface area (Å²) in [4.78, 5) is 18.5. The Bertz CT molecular complexity index is 1750. The van der Waals surface area contributed by atoms with Crippen LogP contribution in [0.1, 0.15) is 5.56 Å². The number of alkyl halides is 3. The fourth-order valence-corrected chi connectivity index (χ4v) is 7.19. The third-order valence-corrected chi connectivity index (χ3v) is 10.3. The van der Waals surface area contributed by atoms with E-state index in [2.05, 4.69) is 30.1 Å². The summed E-state index contributed by atoms with van der Waals surface area (Å²) in [7, 11) is -1.57. The molecule has 0 aliphatic carbocycles. The maximum Gasteiger partial charge on any atom is 0.416 e. The predicted octanol–water partition coefficient (Wildman–Crippen LogP) is 4.10. The number of halogens is 3. The van der Waals surface area contributed by atoms with Gasteiger partial charge in [-0.3, -0.25) is 0 Å². The van der Waals surface area contributed by atoms with Gasteiger partial charge in [-0.1, -0.05) is 12.1 Å². The first kappa shape index (κ1) is 30.2. The van der Waals surface area contributed by atoms with Gasteiger partial charge in [-0.15, -0.1) is 0 Å².